The number of anilines is 1. The van der Waals surface area contributed by atoms with Gasteiger partial charge in [-0.2, -0.15) is 0 Å². The largest absolute Gasteiger partial charge is 0.478 e. The topological polar surface area (TPSA) is 53.4 Å². The highest BCUT2D eigenvalue weighted by Crippen LogP contribution is 2.40. The van der Waals surface area contributed by atoms with Crippen molar-refractivity contribution in [1.29, 1.82) is 0 Å². The first kappa shape index (κ1) is 11.7. The van der Waals surface area contributed by atoms with Crippen molar-refractivity contribution in [3.05, 3.63) is 35.9 Å². The summed E-state index contributed by atoms with van der Waals surface area (Å²) in [6.07, 6.45) is 3.75. The Morgan fingerprint density at radius 3 is 2.85 bits per heavy atom. The van der Waals surface area contributed by atoms with Gasteiger partial charge in [0.2, 0.25) is 0 Å². The van der Waals surface area contributed by atoms with Crippen molar-refractivity contribution in [3.63, 3.8) is 0 Å². The molecule has 0 amide bonds. The molecule has 4 rings (SSSR count). The zero-order valence-corrected chi connectivity index (χ0v) is 11.1. The molecule has 1 saturated heterocycles. The van der Waals surface area contributed by atoms with Crippen molar-refractivity contribution in [2.75, 3.05) is 11.4 Å². The summed E-state index contributed by atoms with van der Waals surface area (Å²) in [5.41, 5.74) is 1.12. The number of carboxylic acids is 1. The van der Waals surface area contributed by atoms with Gasteiger partial charge in [0.1, 0.15) is 5.82 Å². The van der Waals surface area contributed by atoms with E-state index in [9.17, 15) is 9.90 Å². The fraction of sp³-hybridized carbons (Fsp3) is 0.375. The first-order valence-electron chi connectivity index (χ1n) is 7.12. The normalized spacial score (nSPS) is 24.5. The lowest BCUT2D eigenvalue weighted by atomic mass is 10.1. The first-order chi connectivity index (χ1) is 9.72. The first-order valence-corrected chi connectivity index (χ1v) is 7.12. The van der Waals surface area contributed by atoms with Crippen LogP contribution in [0.1, 0.15) is 29.6 Å². The molecule has 0 spiro atoms. The van der Waals surface area contributed by atoms with Crippen molar-refractivity contribution in [1.82, 2.24) is 4.98 Å². The zero-order chi connectivity index (χ0) is 13.7. The number of pyridine rings is 1. The Morgan fingerprint density at radius 2 is 2.15 bits per heavy atom. The van der Waals surface area contributed by atoms with E-state index in [2.05, 4.69) is 9.88 Å². The third-order valence-corrected chi connectivity index (χ3v) is 4.64. The standard InChI is InChI=1S/C16H16N2O2/c19-16(20)13-8-15(17-14-4-2-1-3-12(13)14)18-9-10-5-6-11(18)7-10/h1-4,8,10-11H,5-7,9H2,(H,19,20). The summed E-state index contributed by atoms with van der Waals surface area (Å²) >= 11 is 0. The van der Waals surface area contributed by atoms with Gasteiger partial charge in [-0.1, -0.05) is 18.2 Å². The van der Waals surface area contributed by atoms with Crippen molar-refractivity contribution >= 4 is 22.7 Å². The van der Waals surface area contributed by atoms with Crippen LogP contribution < -0.4 is 4.90 Å². The minimum atomic E-state index is -0.880. The van der Waals surface area contributed by atoms with E-state index in [-0.39, 0.29) is 0 Å². The van der Waals surface area contributed by atoms with Gasteiger partial charge in [0, 0.05) is 18.0 Å². The van der Waals surface area contributed by atoms with Gasteiger partial charge in [0.25, 0.3) is 0 Å². The number of carbonyl (C=O) groups is 1. The van der Waals surface area contributed by atoms with Crippen LogP contribution in [0.15, 0.2) is 30.3 Å². The van der Waals surface area contributed by atoms with Gasteiger partial charge >= 0.3 is 5.97 Å². The van der Waals surface area contributed by atoms with E-state index >= 15 is 0 Å². The summed E-state index contributed by atoms with van der Waals surface area (Å²) in [6, 6.07) is 9.76. The molecule has 20 heavy (non-hydrogen) atoms. The number of aromatic carboxylic acids is 1. The van der Waals surface area contributed by atoms with E-state index in [1.807, 2.05) is 24.3 Å². The van der Waals surface area contributed by atoms with Crippen LogP contribution in [-0.2, 0) is 0 Å². The van der Waals surface area contributed by atoms with Crippen LogP contribution in [-0.4, -0.2) is 28.6 Å². The van der Waals surface area contributed by atoms with E-state index in [1.54, 1.807) is 6.07 Å². The van der Waals surface area contributed by atoms with Gasteiger partial charge < -0.3 is 10.0 Å². The SMILES string of the molecule is O=C(O)c1cc(N2CC3CCC2C3)nc2ccccc12. The van der Waals surface area contributed by atoms with E-state index in [0.717, 1.165) is 23.8 Å². The van der Waals surface area contributed by atoms with Gasteiger partial charge in [-0.25, -0.2) is 9.78 Å². The van der Waals surface area contributed by atoms with Gasteiger partial charge in [0.15, 0.2) is 0 Å². The van der Waals surface area contributed by atoms with Crippen molar-refractivity contribution in [3.8, 4) is 0 Å². The Kier molecular flexibility index (Phi) is 2.46. The second kappa shape index (κ2) is 4.20. The Bertz CT molecular complexity index is 698. The minimum absolute atomic E-state index is 0.355. The smallest absolute Gasteiger partial charge is 0.336 e. The highest BCUT2D eigenvalue weighted by Gasteiger charge is 2.38. The van der Waals surface area contributed by atoms with Gasteiger partial charge in [-0.3, -0.25) is 0 Å². The molecule has 102 valence electrons. The predicted molar refractivity (Wildman–Crippen MR) is 77.2 cm³/mol. The minimum Gasteiger partial charge on any atom is -0.478 e. The predicted octanol–water partition coefficient (Wildman–Crippen LogP) is 2.92. The number of para-hydroxylation sites is 1. The Hall–Kier alpha value is -2.10. The number of hydrogen-bond donors (Lipinski definition) is 1. The van der Waals surface area contributed by atoms with E-state index in [4.69, 9.17) is 0 Å². The second-order valence-corrected chi connectivity index (χ2v) is 5.84. The maximum Gasteiger partial charge on any atom is 0.336 e. The molecule has 2 atom stereocenters. The number of aromatic nitrogens is 1. The van der Waals surface area contributed by atoms with Crippen molar-refractivity contribution < 1.29 is 9.90 Å². The summed E-state index contributed by atoms with van der Waals surface area (Å²) in [4.78, 5) is 18.5. The fourth-order valence-electron chi connectivity index (χ4n) is 3.69. The Labute approximate surface area is 117 Å². The van der Waals surface area contributed by atoms with Crippen LogP contribution in [0, 0.1) is 5.92 Å². The number of hydrogen-bond acceptors (Lipinski definition) is 3. The number of rotatable bonds is 2. The summed E-state index contributed by atoms with van der Waals surface area (Å²) in [5, 5.41) is 10.2. The second-order valence-electron chi connectivity index (χ2n) is 5.84. The average Bonchev–Trinajstić information content (AvgIpc) is 3.08. The third-order valence-electron chi connectivity index (χ3n) is 4.64. The molecule has 2 aliphatic rings. The lowest BCUT2D eigenvalue weighted by Crippen LogP contribution is -2.32. The molecule has 1 aliphatic carbocycles. The molecule has 2 fully saturated rings. The maximum atomic E-state index is 11.5. The number of fused-ring (bicyclic) bond motifs is 3. The van der Waals surface area contributed by atoms with E-state index < -0.39 is 5.97 Å². The number of nitrogens with zero attached hydrogens (tertiary/aromatic N) is 2. The molecule has 1 aromatic heterocycles. The molecule has 2 bridgehead atoms. The van der Waals surface area contributed by atoms with Crippen LogP contribution in [0.2, 0.25) is 0 Å². The summed E-state index contributed by atoms with van der Waals surface area (Å²) in [5.74, 6) is 0.712. The Morgan fingerprint density at radius 1 is 1.30 bits per heavy atom. The Balaban J connectivity index is 1.86. The molecule has 4 nitrogen and oxygen atoms in total. The van der Waals surface area contributed by atoms with Crippen molar-refractivity contribution in [2.24, 2.45) is 5.92 Å². The maximum absolute atomic E-state index is 11.5. The highest BCUT2D eigenvalue weighted by atomic mass is 16.4. The monoisotopic (exact) mass is 268 g/mol. The molecule has 1 aromatic carbocycles. The zero-order valence-electron chi connectivity index (χ0n) is 11.1. The summed E-state index contributed by atoms with van der Waals surface area (Å²) in [6.45, 7) is 1.02. The summed E-state index contributed by atoms with van der Waals surface area (Å²) in [7, 11) is 0. The molecule has 1 saturated carbocycles. The van der Waals surface area contributed by atoms with E-state index in [1.165, 1.54) is 19.3 Å². The van der Waals surface area contributed by atoms with Crippen molar-refractivity contribution in [2.45, 2.75) is 25.3 Å². The van der Waals surface area contributed by atoms with Gasteiger partial charge in [-0.15, -0.1) is 0 Å². The van der Waals surface area contributed by atoms with Crippen LogP contribution in [0.5, 0.6) is 0 Å². The molecule has 1 aliphatic heterocycles. The quantitative estimate of drug-likeness (QED) is 0.910. The van der Waals surface area contributed by atoms with Crippen LogP contribution in [0.3, 0.4) is 0 Å². The molecule has 2 heterocycles. The number of benzene rings is 1. The molecule has 1 N–H and O–H groups in total. The van der Waals surface area contributed by atoms with Crippen LogP contribution >= 0.6 is 0 Å². The molecule has 2 unspecified atom stereocenters. The van der Waals surface area contributed by atoms with Crippen LogP contribution in [0.4, 0.5) is 5.82 Å². The van der Waals surface area contributed by atoms with Gasteiger partial charge in [-0.05, 0) is 37.3 Å². The summed E-state index contributed by atoms with van der Waals surface area (Å²) < 4.78 is 0. The van der Waals surface area contributed by atoms with Crippen LogP contribution in [0.25, 0.3) is 10.9 Å². The lowest BCUT2D eigenvalue weighted by Gasteiger charge is -2.28. The highest BCUT2D eigenvalue weighted by molar-refractivity contribution is 6.03. The molecular formula is C16H16N2O2. The average molecular weight is 268 g/mol. The molecule has 4 heteroatoms. The molecule has 0 radical (unpaired) electrons. The number of carboxylic acid groups (broad SMARTS) is 1. The van der Waals surface area contributed by atoms with Gasteiger partial charge in [0.05, 0.1) is 11.1 Å². The third kappa shape index (κ3) is 1.68. The lowest BCUT2D eigenvalue weighted by molar-refractivity contribution is 0.0699. The molecular weight excluding hydrogens is 252 g/mol. The number of piperidine rings is 1. The van der Waals surface area contributed by atoms with E-state index in [0.29, 0.717) is 17.0 Å². The molecule has 2 aromatic rings. The fourth-order valence-corrected chi connectivity index (χ4v) is 3.69.